The van der Waals surface area contributed by atoms with E-state index >= 15 is 0 Å². The van der Waals surface area contributed by atoms with Gasteiger partial charge in [-0.05, 0) is 18.1 Å². The first-order valence-electron chi connectivity index (χ1n) is 5.38. The van der Waals surface area contributed by atoms with Gasteiger partial charge in [-0.25, -0.2) is 8.42 Å². The van der Waals surface area contributed by atoms with Crippen LogP contribution in [0.4, 0.5) is 0 Å². The number of hydrogen-bond donors (Lipinski definition) is 0. The second-order valence-electron chi connectivity index (χ2n) is 4.03. The lowest BCUT2D eigenvalue weighted by molar-refractivity contribution is 0.394. The highest BCUT2D eigenvalue weighted by Crippen LogP contribution is 2.24. The molecule has 94 valence electrons. The molecule has 0 saturated heterocycles. The summed E-state index contributed by atoms with van der Waals surface area (Å²) in [5, 5.41) is 8.69. The van der Waals surface area contributed by atoms with Gasteiger partial charge in [0.1, 0.15) is 15.2 Å². The zero-order chi connectivity index (χ0) is 13.1. The van der Waals surface area contributed by atoms with Crippen molar-refractivity contribution in [1.82, 2.24) is 4.31 Å². The van der Waals surface area contributed by atoms with Crippen molar-refractivity contribution in [1.29, 1.82) is 5.26 Å². The molecule has 0 bridgehead atoms. The molecule has 4 nitrogen and oxygen atoms in total. The molecule has 0 radical (unpaired) electrons. The molecule has 0 amide bonds. The minimum atomic E-state index is -3.43. The van der Waals surface area contributed by atoms with Crippen LogP contribution in [0, 0.1) is 17.2 Å². The van der Waals surface area contributed by atoms with Crippen LogP contribution in [0.2, 0.25) is 0 Å². The molecule has 0 aromatic carbocycles. The maximum Gasteiger partial charge on any atom is 0.252 e. The maximum atomic E-state index is 12.1. The van der Waals surface area contributed by atoms with E-state index in [9.17, 15) is 8.42 Å². The van der Waals surface area contributed by atoms with Crippen molar-refractivity contribution in [2.24, 2.45) is 5.92 Å². The Morgan fingerprint density at radius 3 is 2.65 bits per heavy atom. The highest BCUT2D eigenvalue weighted by Gasteiger charge is 2.23. The standard InChI is InChI=1S/C11H16N2O2S2/c1-4-9(2)8-13(3)17(14,15)11-6-5-10(7-12)16-11/h5-6,9H,4,8H2,1-3H3. The Bertz CT molecular complexity index is 514. The van der Waals surface area contributed by atoms with Crippen LogP contribution in [-0.4, -0.2) is 26.3 Å². The Balaban J connectivity index is 2.91. The molecular weight excluding hydrogens is 256 g/mol. The van der Waals surface area contributed by atoms with Crippen LogP contribution in [0.5, 0.6) is 0 Å². The number of rotatable bonds is 5. The summed E-state index contributed by atoms with van der Waals surface area (Å²) in [6.07, 6.45) is 0.938. The van der Waals surface area contributed by atoms with Crippen LogP contribution in [0.25, 0.3) is 0 Å². The average molecular weight is 272 g/mol. The summed E-state index contributed by atoms with van der Waals surface area (Å²) < 4.78 is 25.9. The van der Waals surface area contributed by atoms with Crippen molar-refractivity contribution in [3.63, 3.8) is 0 Å². The van der Waals surface area contributed by atoms with Crippen LogP contribution >= 0.6 is 11.3 Å². The van der Waals surface area contributed by atoms with Gasteiger partial charge in [-0.1, -0.05) is 20.3 Å². The summed E-state index contributed by atoms with van der Waals surface area (Å²) in [5.41, 5.74) is 0. The zero-order valence-corrected chi connectivity index (χ0v) is 11.8. The molecule has 0 spiro atoms. The van der Waals surface area contributed by atoms with Gasteiger partial charge in [-0.15, -0.1) is 11.3 Å². The number of thiophene rings is 1. The molecule has 1 unspecified atom stereocenters. The van der Waals surface area contributed by atoms with E-state index in [1.54, 1.807) is 7.05 Å². The summed E-state index contributed by atoms with van der Waals surface area (Å²) in [6.45, 7) is 4.55. The molecule has 6 heteroatoms. The Kier molecular flexibility index (Phi) is 4.69. The van der Waals surface area contributed by atoms with Crippen LogP contribution in [0.3, 0.4) is 0 Å². The lowest BCUT2D eigenvalue weighted by Crippen LogP contribution is -2.30. The number of sulfonamides is 1. The average Bonchev–Trinajstić information content (AvgIpc) is 2.77. The normalized spacial score (nSPS) is 13.6. The molecule has 0 aliphatic carbocycles. The van der Waals surface area contributed by atoms with Crippen molar-refractivity contribution in [2.75, 3.05) is 13.6 Å². The van der Waals surface area contributed by atoms with E-state index in [1.165, 1.54) is 16.4 Å². The van der Waals surface area contributed by atoms with Gasteiger partial charge in [0, 0.05) is 13.6 Å². The Morgan fingerprint density at radius 2 is 2.18 bits per heavy atom. The molecule has 0 aliphatic rings. The lowest BCUT2D eigenvalue weighted by atomic mass is 10.1. The molecule has 17 heavy (non-hydrogen) atoms. The summed E-state index contributed by atoms with van der Waals surface area (Å²) in [7, 11) is -1.86. The fourth-order valence-electron chi connectivity index (χ4n) is 1.34. The highest BCUT2D eigenvalue weighted by molar-refractivity contribution is 7.91. The van der Waals surface area contributed by atoms with Crippen LogP contribution in [0.15, 0.2) is 16.3 Å². The molecule has 0 N–H and O–H groups in total. The minimum absolute atomic E-state index is 0.236. The van der Waals surface area contributed by atoms with E-state index in [-0.39, 0.29) is 4.21 Å². The fourth-order valence-corrected chi connectivity index (χ4v) is 3.94. The van der Waals surface area contributed by atoms with Gasteiger partial charge in [0.25, 0.3) is 10.0 Å². The Morgan fingerprint density at radius 1 is 1.53 bits per heavy atom. The van der Waals surface area contributed by atoms with Gasteiger partial charge in [-0.2, -0.15) is 9.57 Å². The summed E-state index contributed by atoms with van der Waals surface area (Å²) in [4.78, 5) is 0.417. The van der Waals surface area contributed by atoms with E-state index in [0.29, 0.717) is 17.3 Å². The molecule has 1 rings (SSSR count). The predicted octanol–water partition coefficient (Wildman–Crippen LogP) is 2.29. The van der Waals surface area contributed by atoms with E-state index in [1.807, 2.05) is 19.9 Å². The van der Waals surface area contributed by atoms with E-state index in [4.69, 9.17) is 5.26 Å². The van der Waals surface area contributed by atoms with Gasteiger partial charge in [0.2, 0.25) is 0 Å². The van der Waals surface area contributed by atoms with Gasteiger partial charge in [0.15, 0.2) is 0 Å². The van der Waals surface area contributed by atoms with E-state index in [0.717, 1.165) is 17.8 Å². The van der Waals surface area contributed by atoms with E-state index in [2.05, 4.69) is 0 Å². The third-order valence-electron chi connectivity index (χ3n) is 2.62. The fraction of sp³-hybridized carbons (Fsp3) is 0.545. The number of nitriles is 1. The van der Waals surface area contributed by atoms with Crippen molar-refractivity contribution >= 4 is 21.4 Å². The van der Waals surface area contributed by atoms with Gasteiger partial charge >= 0.3 is 0 Å². The van der Waals surface area contributed by atoms with Crippen molar-refractivity contribution in [3.05, 3.63) is 17.0 Å². The summed E-state index contributed by atoms with van der Waals surface area (Å²) >= 11 is 1.01. The first-order chi connectivity index (χ1) is 7.91. The first kappa shape index (κ1) is 14.2. The van der Waals surface area contributed by atoms with Gasteiger partial charge < -0.3 is 0 Å². The van der Waals surface area contributed by atoms with Crippen LogP contribution < -0.4 is 0 Å². The smallest absolute Gasteiger partial charge is 0.206 e. The third kappa shape index (κ3) is 3.28. The van der Waals surface area contributed by atoms with Gasteiger partial charge in [-0.3, -0.25) is 0 Å². The molecule has 1 aromatic heterocycles. The predicted molar refractivity (Wildman–Crippen MR) is 68.3 cm³/mol. The van der Waals surface area contributed by atoms with Crippen molar-refractivity contribution in [3.8, 4) is 6.07 Å². The molecule has 1 heterocycles. The Hall–Kier alpha value is -0.900. The topological polar surface area (TPSA) is 61.2 Å². The SMILES string of the molecule is CCC(C)CN(C)S(=O)(=O)c1ccc(C#N)s1. The molecular formula is C11H16N2O2S2. The summed E-state index contributed by atoms with van der Waals surface area (Å²) in [5.74, 6) is 0.324. The van der Waals surface area contributed by atoms with Crippen molar-refractivity contribution < 1.29 is 8.42 Å². The lowest BCUT2D eigenvalue weighted by Gasteiger charge is -2.19. The quantitative estimate of drug-likeness (QED) is 0.826. The van der Waals surface area contributed by atoms with E-state index < -0.39 is 10.0 Å². The molecule has 1 aromatic rings. The monoisotopic (exact) mass is 272 g/mol. The van der Waals surface area contributed by atoms with Crippen molar-refractivity contribution in [2.45, 2.75) is 24.5 Å². The van der Waals surface area contributed by atoms with Crippen LogP contribution in [0.1, 0.15) is 25.1 Å². The maximum absolute atomic E-state index is 12.1. The molecule has 0 saturated carbocycles. The molecule has 1 atom stereocenters. The van der Waals surface area contributed by atoms with Gasteiger partial charge in [0.05, 0.1) is 0 Å². The highest BCUT2D eigenvalue weighted by atomic mass is 32.2. The second-order valence-corrected chi connectivity index (χ2v) is 7.38. The molecule has 0 aliphatic heterocycles. The third-order valence-corrected chi connectivity index (χ3v) is 5.90. The molecule has 0 fully saturated rings. The minimum Gasteiger partial charge on any atom is -0.206 e. The number of hydrogen-bond acceptors (Lipinski definition) is 4. The summed E-state index contributed by atoms with van der Waals surface area (Å²) in [6, 6.07) is 4.97. The zero-order valence-electron chi connectivity index (χ0n) is 10.2. The second kappa shape index (κ2) is 5.63. The van der Waals surface area contributed by atoms with Crippen LogP contribution in [-0.2, 0) is 10.0 Å². The first-order valence-corrected chi connectivity index (χ1v) is 7.63. The number of nitrogens with zero attached hydrogens (tertiary/aromatic N) is 2. The Labute approximate surface area is 107 Å². The largest absolute Gasteiger partial charge is 0.252 e.